The van der Waals surface area contributed by atoms with E-state index in [4.69, 9.17) is 5.11 Å². The van der Waals surface area contributed by atoms with E-state index in [2.05, 4.69) is 11.9 Å². The molecule has 5 nitrogen and oxygen atoms in total. The van der Waals surface area contributed by atoms with Crippen LogP contribution in [0.3, 0.4) is 0 Å². The van der Waals surface area contributed by atoms with Gasteiger partial charge in [-0.2, -0.15) is 0 Å². The molecule has 2 N–H and O–H groups in total. The lowest BCUT2D eigenvalue weighted by Gasteiger charge is -2.43. The molecule has 1 aliphatic carbocycles. The molecular weight excluding hydrogens is 244 g/mol. The first-order valence-electron chi connectivity index (χ1n) is 6.75. The van der Waals surface area contributed by atoms with Gasteiger partial charge in [0.15, 0.2) is 0 Å². The number of rotatable bonds is 5. The van der Waals surface area contributed by atoms with Crippen LogP contribution >= 0.6 is 0 Å². The van der Waals surface area contributed by atoms with Crippen molar-refractivity contribution in [2.75, 3.05) is 13.6 Å². The molecule has 0 heterocycles. The second kappa shape index (κ2) is 6.59. The van der Waals surface area contributed by atoms with Crippen molar-refractivity contribution in [2.24, 2.45) is 0 Å². The Hall–Kier alpha value is -1.52. The highest BCUT2D eigenvalue weighted by Crippen LogP contribution is 2.35. The summed E-state index contributed by atoms with van der Waals surface area (Å²) in [5.74, 6) is -0.846. The lowest BCUT2D eigenvalue weighted by Crippen LogP contribution is -2.55. The topological polar surface area (TPSA) is 69.6 Å². The fraction of sp³-hybridized carbons (Fsp3) is 0.714. The highest BCUT2D eigenvalue weighted by molar-refractivity contribution is 5.77. The summed E-state index contributed by atoms with van der Waals surface area (Å²) >= 11 is 0. The van der Waals surface area contributed by atoms with E-state index in [1.54, 1.807) is 11.9 Å². The highest BCUT2D eigenvalue weighted by atomic mass is 16.4. The summed E-state index contributed by atoms with van der Waals surface area (Å²) in [5, 5.41) is 11.9. The van der Waals surface area contributed by atoms with Crippen molar-refractivity contribution >= 4 is 12.0 Å². The predicted molar refractivity (Wildman–Crippen MR) is 74.0 cm³/mol. The first-order valence-corrected chi connectivity index (χ1v) is 6.75. The number of carboxylic acids is 1. The largest absolute Gasteiger partial charge is 0.481 e. The summed E-state index contributed by atoms with van der Waals surface area (Å²) < 4.78 is 0. The van der Waals surface area contributed by atoms with E-state index in [0.717, 1.165) is 37.7 Å². The summed E-state index contributed by atoms with van der Waals surface area (Å²) in [5.41, 5.74) is 0.334. The van der Waals surface area contributed by atoms with Crippen molar-refractivity contribution in [3.05, 3.63) is 12.2 Å². The summed E-state index contributed by atoms with van der Waals surface area (Å²) in [6.07, 6.45) is 4.61. The molecule has 108 valence electrons. The predicted octanol–water partition coefficient (Wildman–Crippen LogP) is 2.38. The van der Waals surface area contributed by atoms with E-state index >= 15 is 0 Å². The van der Waals surface area contributed by atoms with Gasteiger partial charge in [0.25, 0.3) is 0 Å². The van der Waals surface area contributed by atoms with Gasteiger partial charge in [-0.3, -0.25) is 4.79 Å². The van der Waals surface area contributed by atoms with Gasteiger partial charge in [0.05, 0.1) is 12.0 Å². The number of carbonyl (C=O) groups is 2. The molecule has 0 aromatic heterocycles. The lowest BCUT2D eigenvalue weighted by molar-refractivity contribution is -0.140. The Morgan fingerprint density at radius 2 is 1.89 bits per heavy atom. The first-order chi connectivity index (χ1) is 8.87. The van der Waals surface area contributed by atoms with E-state index in [1.807, 2.05) is 6.92 Å². The molecule has 0 radical (unpaired) electrons. The Morgan fingerprint density at radius 1 is 1.32 bits per heavy atom. The molecule has 1 saturated carbocycles. The van der Waals surface area contributed by atoms with Crippen molar-refractivity contribution in [3.8, 4) is 0 Å². The van der Waals surface area contributed by atoms with Crippen LogP contribution in [0.15, 0.2) is 12.2 Å². The Bertz CT molecular complexity index is 360. The second-order valence-electron chi connectivity index (χ2n) is 5.53. The summed E-state index contributed by atoms with van der Waals surface area (Å²) in [6, 6.07) is -0.217. The van der Waals surface area contributed by atoms with Crippen LogP contribution in [-0.4, -0.2) is 41.1 Å². The molecule has 0 aromatic carbocycles. The maximum Gasteiger partial charge on any atom is 0.317 e. The average molecular weight is 268 g/mol. The minimum Gasteiger partial charge on any atom is -0.481 e. The number of amides is 2. The fourth-order valence-electron chi connectivity index (χ4n) is 2.68. The van der Waals surface area contributed by atoms with Gasteiger partial charge < -0.3 is 15.3 Å². The molecule has 0 aliphatic heterocycles. The molecule has 0 spiro atoms. The molecule has 0 atom stereocenters. The van der Waals surface area contributed by atoms with Crippen molar-refractivity contribution in [3.63, 3.8) is 0 Å². The number of hydrogen-bond donors (Lipinski definition) is 2. The highest BCUT2D eigenvalue weighted by Gasteiger charge is 2.40. The van der Waals surface area contributed by atoms with E-state index in [1.165, 1.54) is 0 Å². The molecule has 1 rings (SSSR count). The lowest BCUT2D eigenvalue weighted by atomic mass is 9.78. The van der Waals surface area contributed by atoms with Crippen LogP contribution in [0.4, 0.5) is 4.79 Å². The Kier molecular flexibility index (Phi) is 5.39. The van der Waals surface area contributed by atoms with Crippen LogP contribution < -0.4 is 5.32 Å². The van der Waals surface area contributed by atoms with E-state index in [9.17, 15) is 9.59 Å². The molecule has 1 fully saturated rings. The SMILES string of the molecule is C=C(C)CNC(=O)N(C)C1(CC(=O)O)CCCCC1. The number of carboxylic acid groups (broad SMARTS) is 1. The molecule has 0 unspecified atom stereocenters. The molecular formula is C14H24N2O3. The van der Waals surface area contributed by atoms with Gasteiger partial charge in [-0.25, -0.2) is 4.79 Å². The molecule has 0 saturated heterocycles. The standard InChI is InChI=1S/C14H24N2O3/c1-11(2)10-15-13(19)16(3)14(9-12(17)18)7-5-4-6-8-14/h1,4-10H2,2-3H3,(H,15,19)(H,17,18). The molecule has 19 heavy (non-hydrogen) atoms. The smallest absolute Gasteiger partial charge is 0.317 e. The van der Waals surface area contributed by atoms with E-state index in [0.29, 0.717) is 6.54 Å². The van der Waals surface area contributed by atoms with Crippen LogP contribution in [0.1, 0.15) is 45.4 Å². The number of carbonyl (C=O) groups excluding carboxylic acids is 1. The van der Waals surface area contributed by atoms with Crippen LogP contribution in [0, 0.1) is 0 Å². The van der Waals surface area contributed by atoms with Crippen molar-refractivity contribution < 1.29 is 14.7 Å². The quantitative estimate of drug-likeness (QED) is 0.752. The minimum absolute atomic E-state index is 0.0178. The summed E-state index contributed by atoms with van der Waals surface area (Å²) in [6.45, 7) is 6.00. The number of hydrogen-bond acceptors (Lipinski definition) is 2. The first kappa shape index (κ1) is 15.5. The molecule has 1 aliphatic rings. The fourth-order valence-corrected chi connectivity index (χ4v) is 2.68. The third kappa shape index (κ3) is 4.26. The second-order valence-corrected chi connectivity index (χ2v) is 5.53. The molecule has 5 heteroatoms. The molecule has 0 aromatic rings. The van der Waals surface area contributed by atoms with Crippen LogP contribution in [-0.2, 0) is 4.79 Å². The number of nitrogens with zero attached hydrogens (tertiary/aromatic N) is 1. The Labute approximate surface area is 114 Å². The van der Waals surface area contributed by atoms with Gasteiger partial charge in [-0.15, -0.1) is 0 Å². The van der Waals surface area contributed by atoms with E-state index < -0.39 is 11.5 Å². The summed E-state index contributed by atoms with van der Waals surface area (Å²) in [4.78, 5) is 24.8. The monoisotopic (exact) mass is 268 g/mol. The van der Waals surface area contributed by atoms with Gasteiger partial charge in [0.2, 0.25) is 0 Å². The van der Waals surface area contributed by atoms with Crippen LogP contribution in [0.25, 0.3) is 0 Å². The number of urea groups is 1. The number of nitrogens with one attached hydrogen (secondary N) is 1. The maximum absolute atomic E-state index is 12.1. The van der Waals surface area contributed by atoms with Gasteiger partial charge in [-0.05, 0) is 19.8 Å². The molecule has 2 amide bonds. The zero-order valence-electron chi connectivity index (χ0n) is 11.9. The average Bonchev–Trinajstić information content (AvgIpc) is 2.35. The summed E-state index contributed by atoms with van der Waals surface area (Å²) in [7, 11) is 1.70. The maximum atomic E-state index is 12.1. The normalized spacial score (nSPS) is 17.6. The van der Waals surface area contributed by atoms with Gasteiger partial charge in [-0.1, -0.05) is 31.4 Å². The van der Waals surface area contributed by atoms with Gasteiger partial charge >= 0.3 is 12.0 Å². The Morgan fingerprint density at radius 3 is 2.37 bits per heavy atom. The zero-order chi connectivity index (χ0) is 14.5. The van der Waals surface area contributed by atoms with E-state index in [-0.39, 0.29) is 12.5 Å². The zero-order valence-corrected chi connectivity index (χ0v) is 11.9. The van der Waals surface area contributed by atoms with Gasteiger partial charge in [0, 0.05) is 13.6 Å². The number of aliphatic carboxylic acids is 1. The minimum atomic E-state index is -0.846. The third-order valence-corrected chi connectivity index (χ3v) is 3.82. The Balaban J connectivity index is 2.75. The van der Waals surface area contributed by atoms with Crippen LogP contribution in [0.5, 0.6) is 0 Å². The third-order valence-electron chi connectivity index (χ3n) is 3.82. The van der Waals surface area contributed by atoms with Crippen LogP contribution in [0.2, 0.25) is 0 Å². The van der Waals surface area contributed by atoms with Gasteiger partial charge in [0.1, 0.15) is 0 Å². The van der Waals surface area contributed by atoms with Crippen molar-refractivity contribution in [1.29, 1.82) is 0 Å². The molecule has 0 bridgehead atoms. The van der Waals surface area contributed by atoms with Crippen molar-refractivity contribution in [2.45, 2.75) is 51.0 Å². The van der Waals surface area contributed by atoms with Crippen molar-refractivity contribution in [1.82, 2.24) is 10.2 Å².